The topological polar surface area (TPSA) is 64.0 Å². The van der Waals surface area contributed by atoms with Crippen molar-refractivity contribution in [2.24, 2.45) is 0 Å². The number of rotatable bonds is 6. The first-order chi connectivity index (χ1) is 11.4. The number of hydrogen-bond donors (Lipinski definition) is 1. The summed E-state index contributed by atoms with van der Waals surface area (Å²) in [5, 5.41) is 3.21. The van der Waals surface area contributed by atoms with Gasteiger partial charge in [-0.2, -0.15) is 0 Å². The Morgan fingerprint density at radius 1 is 1.29 bits per heavy atom. The van der Waals surface area contributed by atoms with Crippen molar-refractivity contribution in [1.29, 1.82) is 0 Å². The summed E-state index contributed by atoms with van der Waals surface area (Å²) in [5.41, 5.74) is 2.41. The second-order valence-corrected chi connectivity index (χ2v) is 8.97. The molecule has 1 aromatic carbocycles. The number of benzene rings is 1. The number of nitrogens with one attached hydrogen (secondary N) is 1. The minimum absolute atomic E-state index is 0.0690. The number of sulfone groups is 1. The Hall–Kier alpha value is -1.66. The van der Waals surface area contributed by atoms with Crippen LogP contribution in [-0.2, 0) is 22.9 Å². The normalized spacial score (nSPS) is 21.2. The van der Waals surface area contributed by atoms with Gasteiger partial charge in [-0.05, 0) is 30.9 Å². The van der Waals surface area contributed by atoms with Crippen molar-refractivity contribution in [2.75, 3.05) is 6.26 Å². The van der Waals surface area contributed by atoms with E-state index in [4.69, 9.17) is 0 Å². The first kappa shape index (κ1) is 17.2. The molecule has 0 bridgehead atoms. The summed E-state index contributed by atoms with van der Waals surface area (Å²) in [6.07, 6.45) is 7.84. The van der Waals surface area contributed by atoms with Crippen LogP contribution in [0.5, 0.6) is 0 Å². The van der Waals surface area contributed by atoms with Gasteiger partial charge in [0.15, 0.2) is 9.84 Å². The van der Waals surface area contributed by atoms with Gasteiger partial charge in [-0.1, -0.05) is 30.7 Å². The molecule has 130 valence electrons. The quantitative estimate of drug-likeness (QED) is 0.871. The lowest BCUT2D eigenvalue weighted by atomic mass is 10.1. The van der Waals surface area contributed by atoms with E-state index >= 15 is 0 Å². The second-order valence-electron chi connectivity index (χ2n) is 6.71. The Kier molecular flexibility index (Phi) is 5.06. The van der Waals surface area contributed by atoms with Crippen molar-refractivity contribution >= 4 is 9.84 Å². The molecule has 0 radical (unpaired) electrons. The highest BCUT2D eigenvalue weighted by molar-refractivity contribution is 7.91. The molecule has 1 aliphatic rings. The Bertz CT molecular complexity index is 798. The molecule has 5 nitrogen and oxygen atoms in total. The second kappa shape index (κ2) is 7.07. The maximum Gasteiger partial charge on any atom is 0.151 e. The van der Waals surface area contributed by atoms with Gasteiger partial charge in [0.25, 0.3) is 0 Å². The van der Waals surface area contributed by atoms with Crippen LogP contribution in [0.1, 0.15) is 36.2 Å². The Balaban J connectivity index is 1.64. The number of imidazole rings is 1. The van der Waals surface area contributed by atoms with Gasteiger partial charge in [0.2, 0.25) is 0 Å². The standard InChI is InChI=1S/C18H25N3O2S/c1-14-19-9-10-21(14)13-16-6-3-5-15(11-16)12-20-17-7-4-8-18(17)24(2,22)23/h3,5-6,9-11,17-18,20H,4,7-8,12-13H2,1-2H3. The van der Waals surface area contributed by atoms with Gasteiger partial charge in [-0.25, -0.2) is 13.4 Å². The zero-order valence-corrected chi connectivity index (χ0v) is 15.1. The van der Waals surface area contributed by atoms with Crippen LogP contribution >= 0.6 is 0 Å². The zero-order valence-electron chi connectivity index (χ0n) is 14.3. The molecule has 2 unspecified atom stereocenters. The van der Waals surface area contributed by atoms with Crippen LogP contribution in [0.25, 0.3) is 0 Å². The summed E-state index contributed by atoms with van der Waals surface area (Å²) in [7, 11) is -2.98. The maximum atomic E-state index is 11.9. The average Bonchev–Trinajstić information content (AvgIpc) is 3.15. The summed E-state index contributed by atoms with van der Waals surface area (Å²) in [6, 6.07) is 8.50. The SMILES string of the molecule is Cc1nccn1Cc1cccc(CNC2CCCC2S(C)(=O)=O)c1. The molecular weight excluding hydrogens is 322 g/mol. The first-order valence-corrected chi connectivity index (χ1v) is 10.4. The van der Waals surface area contributed by atoms with E-state index in [2.05, 4.69) is 39.1 Å². The highest BCUT2D eigenvalue weighted by atomic mass is 32.2. The fraction of sp³-hybridized carbons (Fsp3) is 0.500. The van der Waals surface area contributed by atoms with Crippen molar-refractivity contribution < 1.29 is 8.42 Å². The molecule has 1 aliphatic carbocycles. The van der Waals surface area contributed by atoms with Crippen LogP contribution in [0, 0.1) is 6.92 Å². The smallest absolute Gasteiger partial charge is 0.151 e. The van der Waals surface area contributed by atoms with Crippen LogP contribution in [0.2, 0.25) is 0 Å². The van der Waals surface area contributed by atoms with E-state index in [1.54, 1.807) is 0 Å². The zero-order chi connectivity index (χ0) is 17.2. The van der Waals surface area contributed by atoms with Gasteiger partial charge >= 0.3 is 0 Å². The third kappa shape index (κ3) is 4.05. The molecular formula is C18H25N3O2S. The Morgan fingerprint density at radius 2 is 2.08 bits per heavy atom. The molecule has 24 heavy (non-hydrogen) atoms. The number of aromatic nitrogens is 2. The average molecular weight is 347 g/mol. The Morgan fingerprint density at radius 3 is 2.79 bits per heavy atom. The van der Waals surface area contributed by atoms with Crippen LogP contribution in [0.3, 0.4) is 0 Å². The monoisotopic (exact) mass is 347 g/mol. The van der Waals surface area contributed by atoms with Gasteiger partial charge < -0.3 is 9.88 Å². The molecule has 0 amide bonds. The lowest BCUT2D eigenvalue weighted by Crippen LogP contribution is -2.39. The van der Waals surface area contributed by atoms with E-state index in [0.717, 1.165) is 31.6 Å². The fourth-order valence-corrected chi connectivity index (χ4v) is 4.95. The molecule has 1 fully saturated rings. The van der Waals surface area contributed by atoms with Crippen molar-refractivity contribution in [3.05, 3.63) is 53.6 Å². The summed E-state index contributed by atoms with van der Waals surface area (Å²) in [6.45, 7) is 3.50. The third-order valence-electron chi connectivity index (χ3n) is 4.84. The van der Waals surface area contributed by atoms with Gasteiger partial charge in [-0.3, -0.25) is 0 Å². The van der Waals surface area contributed by atoms with E-state index in [-0.39, 0.29) is 11.3 Å². The minimum Gasteiger partial charge on any atom is -0.331 e. The Labute approximate surface area is 144 Å². The highest BCUT2D eigenvalue weighted by Gasteiger charge is 2.34. The van der Waals surface area contributed by atoms with Crippen molar-refractivity contribution in [1.82, 2.24) is 14.9 Å². The lowest BCUT2D eigenvalue weighted by molar-refractivity contribution is 0.507. The first-order valence-electron chi connectivity index (χ1n) is 8.41. The van der Waals surface area contributed by atoms with Crippen molar-refractivity contribution in [2.45, 2.75) is 50.6 Å². The summed E-state index contributed by atoms with van der Waals surface area (Å²) < 4.78 is 25.9. The fourth-order valence-electron chi connectivity index (χ4n) is 3.53. The molecule has 1 aromatic heterocycles. The third-order valence-corrected chi connectivity index (χ3v) is 6.50. The van der Waals surface area contributed by atoms with Gasteiger partial charge in [0, 0.05) is 37.8 Å². The lowest BCUT2D eigenvalue weighted by Gasteiger charge is -2.19. The molecule has 6 heteroatoms. The van der Waals surface area contributed by atoms with Crippen LogP contribution in [-0.4, -0.2) is 35.5 Å². The summed E-state index contributed by atoms with van der Waals surface area (Å²) in [4.78, 5) is 4.25. The van der Waals surface area contributed by atoms with Crippen LogP contribution < -0.4 is 5.32 Å². The van der Waals surface area contributed by atoms with Crippen LogP contribution in [0.4, 0.5) is 0 Å². The molecule has 2 atom stereocenters. The van der Waals surface area contributed by atoms with E-state index < -0.39 is 9.84 Å². The number of hydrogen-bond acceptors (Lipinski definition) is 4. The van der Waals surface area contributed by atoms with E-state index in [1.807, 2.05) is 19.3 Å². The van der Waals surface area contributed by atoms with Crippen molar-refractivity contribution in [3.8, 4) is 0 Å². The van der Waals surface area contributed by atoms with Crippen molar-refractivity contribution in [3.63, 3.8) is 0 Å². The van der Waals surface area contributed by atoms with Crippen LogP contribution in [0.15, 0.2) is 36.7 Å². The molecule has 0 aliphatic heterocycles. The number of aryl methyl sites for hydroxylation is 1. The molecule has 3 rings (SSSR count). The van der Waals surface area contributed by atoms with E-state index in [1.165, 1.54) is 17.4 Å². The molecule has 2 aromatic rings. The molecule has 0 saturated heterocycles. The predicted molar refractivity (Wildman–Crippen MR) is 95.6 cm³/mol. The molecule has 1 saturated carbocycles. The maximum absolute atomic E-state index is 11.9. The molecule has 1 heterocycles. The molecule has 0 spiro atoms. The predicted octanol–water partition coefficient (Wildman–Crippen LogP) is 2.30. The largest absolute Gasteiger partial charge is 0.331 e. The molecule has 1 N–H and O–H groups in total. The summed E-state index contributed by atoms with van der Waals surface area (Å²) in [5.74, 6) is 1.00. The highest BCUT2D eigenvalue weighted by Crippen LogP contribution is 2.25. The van der Waals surface area contributed by atoms with Gasteiger partial charge in [0.05, 0.1) is 5.25 Å². The van der Waals surface area contributed by atoms with E-state index in [9.17, 15) is 8.42 Å². The van der Waals surface area contributed by atoms with Gasteiger partial charge in [-0.15, -0.1) is 0 Å². The number of nitrogens with zero attached hydrogens (tertiary/aromatic N) is 2. The van der Waals surface area contributed by atoms with Gasteiger partial charge in [0.1, 0.15) is 5.82 Å². The summed E-state index contributed by atoms with van der Waals surface area (Å²) >= 11 is 0. The minimum atomic E-state index is -2.98. The van der Waals surface area contributed by atoms with E-state index in [0.29, 0.717) is 6.54 Å².